The van der Waals surface area contributed by atoms with Crippen molar-refractivity contribution in [3.63, 3.8) is 0 Å². The minimum Gasteiger partial charge on any atom is -0.486 e. The van der Waals surface area contributed by atoms with Crippen LogP contribution >= 0.6 is 0 Å². The number of rotatable bonds is 5. The van der Waals surface area contributed by atoms with Crippen LogP contribution in [-0.2, 0) is 6.42 Å². The Labute approximate surface area is 103 Å². The van der Waals surface area contributed by atoms with Gasteiger partial charge in [0.25, 0.3) is 0 Å². The molecule has 0 aromatic heterocycles. The largest absolute Gasteiger partial charge is 0.486 e. The Morgan fingerprint density at radius 1 is 1.24 bits per heavy atom. The molecule has 1 unspecified atom stereocenters. The first-order valence-corrected chi connectivity index (χ1v) is 6.43. The summed E-state index contributed by atoms with van der Waals surface area (Å²) in [6.45, 7) is 3.47. The van der Waals surface area contributed by atoms with Crippen LogP contribution in [0.15, 0.2) is 18.2 Å². The van der Waals surface area contributed by atoms with Crippen molar-refractivity contribution in [3.8, 4) is 11.5 Å². The predicted octanol–water partition coefficient (Wildman–Crippen LogP) is 2.52. The minimum atomic E-state index is 0.248. The highest BCUT2D eigenvalue weighted by molar-refractivity contribution is 5.44. The van der Waals surface area contributed by atoms with Crippen LogP contribution in [0.5, 0.6) is 11.5 Å². The van der Waals surface area contributed by atoms with Gasteiger partial charge in [0.1, 0.15) is 13.2 Å². The van der Waals surface area contributed by atoms with Gasteiger partial charge >= 0.3 is 0 Å². The zero-order valence-corrected chi connectivity index (χ0v) is 10.4. The highest BCUT2D eigenvalue weighted by Crippen LogP contribution is 2.31. The molecule has 3 heteroatoms. The van der Waals surface area contributed by atoms with Gasteiger partial charge in [-0.25, -0.2) is 0 Å². The highest BCUT2D eigenvalue weighted by Gasteiger charge is 2.12. The number of ether oxygens (including phenoxy) is 2. The lowest BCUT2D eigenvalue weighted by Crippen LogP contribution is -2.22. The molecule has 0 amide bonds. The van der Waals surface area contributed by atoms with Crippen molar-refractivity contribution in [1.82, 2.24) is 0 Å². The molecule has 1 heterocycles. The Bertz CT molecular complexity index is 365. The summed E-state index contributed by atoms with van der Waals surface area (Å²) in [5.41, 5.74) is 7.33. The van der Waals surface area contributed by atoms with Crippen LogP contribution < -0.4 is 15.2 Å². The highest BCUT2D eigenvalue weighted by atomic mass is 16.6. The second kappa shape index (κ2) is 5.92. The van der Waals surface area contributed by atoms with Crippen LogP contribution in [0.2, 0.25) is 0 Å². The van der Waals surface area contributed by atoms with Crippen molar-refractivity contribution in [2.24, 2.45) is 5.73 Å². The number of benzene rings is 1. The maximum atomic E-state index is 6.10. The number of fused-ring (bicyclic) bond motifs is 1. The van der Waals surface area contributed by atoms with Crippen molar-refractivity contribution in [2.45, 2.75) is 38.6 Å². The topological polar surface area (TPSA) is 44.5 Å². The quantitative estimate of drug-likeness (QED) is 0.853. The Kier molecular flexibility index (Phi) is 4.26. The molecule has 0 fully saturated rings. The van der Waals surface area contributed by atoms with Crippen molar-refractivity contribution in [3.05, 3.63) is 23.8 Å². The molecule has 1 aromatic carbocycles. The van der Waals surface area contributed by atoms with Crippen LogP contribution in [0.3, 0.4) is 0 Å². The molecule has 94 valence electrons. The Balaban J connectivity index is 1.97. The van der Waals surface area contributed by atoms with Gasteiger partial charge in [-0.15, -0.1) is 0 Å². The summed E-state index contributed by atoms with van der Waals surface area (Å²) >= 11 is 0. The molecule has 1 atom stereocenters. The fourth-order valence-corrected chi connectivity index (χ4v) is 2.09. The standard InChI is InChI=1S/C14H21NO2/c1-2-3-4-12(15)9-11-5-6-13-14(10-11)17-8-7-16-13/h5-6,10,12H,2-4,7-9,15H2,1H3. The number of hydrogen-bond donors (Lipinski definition) is 1. The lowest BCUT2D eigenvalue weighted by molar-refractivity contribution is 0.171. The molecular formula is C14H21NO2. The summed E-state index contributed by atoms with van der Waals surface area (Å²) < 4.78 is 11.1. The summed E-state index contributed by atoms with van der Waals surface area (Å²) in [6.07, 6.45) is 4.40. The van der Waals surface area contributed by atoms with Gasteiger partial charge in [-0.05, 0) is 30.5 Å². The molecule has 1 aliphatic heterocycles. The van der Waals surface area contributed by atoms with Gasteiger partial charge in [-0.1, -0.05) is 25.8 Å². The maximum absolute atomic E-state index is 6.10. The van der Waals surface area contributed by atoms with E-state index in [0.717, 1.165) is 24.3 Å². The smallest absolute Gasteiger partial charge is 0.161 e. The zero-order chi connectivity index (χ0) is 12.1. The van der Waals surface area contributed by atoms with E-state index in [4.69, 9.17) is 15.2 Å². The normalized spacial score (nSPS) is 15.6. The molecule has 2 N–H and O–H groups in total. The molecule has 0 radical (unpaired) electrons. The monoisotopic (exact) mass is 235 g/mol. The van der Waals surface area contributed by atoms with Gasteiger partial charge in [0, 0.05) is 6.04 Å². The Morgan fingerprint density at radius 2 is 2.00 bits per heavy atom. The van der Waals surface area contributed by atoms with Crippen molar-refractivity contribution in [2.75, 3.05) is 13.2 Å². The summed E-state index contributed by atoms with van der Waals surface area (Å²) in [5, 5.41) is 0. The summed E-state index contributed by atoms with van der Waals surface area (Å²) in [6, 6.07) is 6.37. The average Bonchev–Trinajstić information content (AvgIpc) is 2.36. The van der Waals surface area contributed by atoms with E-state index < -0.39 is 0 Å². The van der Waals surface area contributed by atoms with E-state index in [1.165, 1.54) is 18.4 Å². The molecule has 0 saturated carbocycles. The van der Waals surface area contributed by atoms with Gasteiger partial charge < -0.3 is 15.2 Å². The number of unbranched alkanes of at least 4 members (excludes halogenated alkanes) is 1. The average molecular weight is 235 g/mol. The molecular weight excluding hydrogens is 214 g/mol. The third-order valence-electron chi connectivity index (χ3n) is 3.03. The van der Waals surface area contributed by atoms with Crippen molar-refractivity contribution in [1.29, 1.82) is 0 Å². The molecule has 3 nitrogen and oxygen atoms in total. The first-order valence-electron chi connectivity index (χ1n) is 6.43. The fourth-order valence-electron chi connectivity index (χ4n) is 2.09. The van der Waals surface area contributed by atoms with Crippen LogP contribution in [0.25, 0.3) is 0 Å². The predicted molar refractivity (Wildman–Crippen MR) is 68.6 cm³/mol. The van der Waals surface area contributed by atoms with Gasteiger partial charge in [0.2, 0.25) is 0 Å². The van der Waals surface area contributed by atoms with Gasteiger partial charge in [0.05, 0.1) is 0 Å². The first-order chi connectivity index (χ1) is 8.29. The lowest BCUT2D eigenvalue weighted by Gasteiger charge is -2.19. The SMILES string of the molecule is CCCCC(N)Cc1ccc2c(c1)OCCO2. The Morgan fingerprint density at radius 3 is 2.76 bits per heavy atom. The second-order valence-corrected chi connectivity index (χ2v) is 4.58. The van der Waals surface area contributed by atoms with Crippen LogP contribution in [0, 0.1) is 0 Å². The summed E-state index contributed by atoms with van der Waals surface area (Å²) in [7, 11) is 0. The van der Waals surface area contributed by atoms with Crippen LogP contribution in [-0.4, -0.2) is 19.3 Å². The third-order valence-corrected chi connectivity index (χ3v) is 3.03. The van der Waals surface area contributed by atoms with Crippen molar-refractivity contribution < 1.29 is 9.47 Å². The van der Waals surface area contributed by atoms with Gasteiger partial charge in [0.15, 0.2) is 11.5 Å². The van der Waals surface area contributed by atoms with E-state index in [9.17, 15) is 0 Å². The summed E-state index contributed by atoms with van der Waals surface area (Å²) in [4.78, 5) is 0. The molecule has 0 aliphatic carbocycles. The van der Waals surface area contributed by atoms with E-state index in [1.807, 2.05) is 6.07 Å². The molecule has 1 aromatic rings. The van der Waals surface area contributed by atoms with Crippen LogP contribution in [0.4, 0.5) is 0 Å². The molecule has 0 spiro atoms. The van der Waals surface area contributed by atoms with Gasteiger partial charge in [-0.3, -0.25) is 0 Å². The molecule has 0 saturated heterocycles. The Hall–Kier alpha value is -1.22. The third kappa shape index (κ3) is 3.37. The maximum Gasteiger partial charge on any atom is 0.161 e. The van der Waals surface area contributed by atoms with E-state index in [2.05, 4.69) is 19.1 Å². The molecule has 0 bridgehead atoms. The van der Waals surface area contributed by atoms with E-state index >= 15 is 0 Å². The molecule has 2 rings (SSSR count). The fraction of sp³-hybridized carbons (Fsp3) is 0.571. The molecule has 17 heavy (non-hydrogen) atoms. The van der Waals surface area contributed by atoms with Crippen molar-refractivity contribution >= 4 is 0 Å². The van der Waals surface area contributed by atoms with Crippen LogP contribution in [0.1, 0.15) is 31.7 Å². The van der Waals surface area contributed by atoms with Gasteiger partial charge in [-0.2, -0.15) is 0 Å². The zero-order valence-electron chi connectivity index (χ0n) is 10.4. The lowest BCUT2D eigenvalue weighted by atomic mass is 10.0. The first kappa shape index (κ1) is 12.2. The summed E-state index contributed by atoms with van der Waals surface area (Å²) in [5.74, 6) is 1.71. The second-order valence-electron chi connectivity index (χ2n) is 4.58. The number of nitrogens with two attached hydrogens (primary N) is 1. The minimum absolute atomic E-state index is 0.248. The van der Waals surface area contributed by atoms with E-state index in [1.54, 1.807) is 0 Å². The number of hydrogen-bond acceptors (Lipinski definition) is 3. The molecule has 1 aliphatic rings. The van der Waals surface area contributed by atoms with E-state index in [0.29, 0.717) is 13.2 Å². The van der Waals surface area contributed by atoms with E-state index in [-0.39, 0.29) is 6.04 Å².